The lowest BCUT2D eigenvalue weighted by molar-refractivity contribution is 0.127. The number of pyridine rings is 1. The Balaban J connectivity index is 0.00000272. The Morgan fingerprint density at radius 1 is 1.06 bits per heavy atom. The molecule has 3 heterocycles. The van der Waals surface area contributed by atoms with Crippen molar-refractivity contribution in [3.8, 4) is 0 Å². The maximum Gasteiger partial charge on any atom is 0.193 e. The third-order valence-electron chi connectivity index (χ3n) is 5.92. The summed E-state index contributed by atoms with van der Waals surface area (Å²) < 4.78 is 2.07. The number of benzene rings is 1. The SMILES string of the molecule is CCC(c1ccccc1)N1CCN(C(=NC)NCCc2cn3ccccc3n2)CC1.I. The predicted octanol–water partition coefficient (Wildman–Crippen LogP) is 3.84. The molecular formula is C24H33IN6. The van der Waals surface area contributed by atoms with Gasteiger partial charge >= 0.3 is 0 Å². The lowest BCUT2D eigenvalue weighted by Gasteiger charge is -2.40. The number of fused-ring (bicyclic) bond motifs is 1. The van der Waals surface area contributed by atoms with Gasteiger partial charge in [-0.15, -0.1) is 24.0 Å². The van der Waals surface area contributed by atoms with E-state index >= 15 is 0 Å². The van der Waals surface area contributed by atoms with Crippen LogP contribution in [-0.2, 0) is 6.42 Å². The summed E-state index contributed by atoms with van der Waals surface area (Å²) in [6.07, 6.45) is 6.16. The molecule has 0 radical (unpaired) electrons. The van der Waals surface area contributed by atoms with Gasteiger partial charge in [-0.2, -0.15) is 0 Å². The van der Waals surface area contributed by atoms with Crippen LogP contribution in [0.2, 0.25) is 0 Å². The first kappa shape index (κ1) is 23.5. The number of halogens is 1. The van der Waals surface area contributed by atoms with Crippen LogP contribution in [0.5, 0.6) is 0 Å². The number of rotatable bonds is 6. The molecule has 0 amide bonds. The van der Waals surface area contributed by atoms with Crippen LogP contribution in [0.3, 0.4) is 0 Å². The summed E-state index contributed by atoms with van der Waals surface area (Å²) in [6, 6.07) is 17.5. The summed E-state index contributed by atoms with van der Waals surface area (Å²) >= 11 is 0. The van der Waals surface area contributed by atoms with E-state index in [2.05, 4.69) is 72.9 Å². The van der Waals surface area contributed by atoms with Crippen molar-refractivity contribution in [1.29, 1.82) is 0 Å². The average Bonchev–Trinajstić information content (AvgIpc) is 3.21. The number of hydrogen-bond acceptors (Lipinski definition) is 3. The third-order valence-corrected chi connectivity index (χ3v) is 5.92. The van der Waals surface area contributed by atoms with Crippen molar-refractivity contribution in [3.05, 3.63) is 72.2 Å². The van der Waals surface area contributed by atoms with Crippen molar-refractivity contribution < 1.29 is 0 Å². The minimum absolute atomic E-state index is 0. The summed E-state index contributed by atoms with van der Waals surface area (Å²) in [5.41, 5.74) is 3.52. The van der Waals surface area contributed by atoms with Crippen LogP contribution < -0.4 is 5.32 Å². The van der Waals surface area contributed by atoms with Crippen molar-refractivity contribution in [2.75, 3.05) is 39.8 Å². The quantitative estimate of drug-likeness (QED) is 0.298. The second-order valence-corrected chi connectivity index (χ2v) is 7.78. The van der Waals surface area contributed by atoms with Gasteiger partial charge in [-0.1, -0.05) is 43.3 Å². The molecule has 6 nitrogen and oxygen atoms in total. The molecule has 0 saturated carbocycles. The van der Waals surface area contributed by atoms with Crippen LogP contribution in [-0.4, -0.2) is 64.9 Å². The summed E-state index contributed by atoms with van der Waals surface area (Å²) in [4.78, 5) is 14.2. The summed E-state index contributed by atoms with van der Waals surface area (Å²) in [5.74, 6) is 0.992. The minimum atomic E-state index is 0. The first-order chi connectivity index (χ1) is 14.8. The lowest BCUT2D eigenvalue weighted by Crippen LogP contribution is -2.53. The Labute approximate surface area is 202 Å². The fourth-order valence-electron chi connectivity index (χ4n) is 4.37. The fraction of sp³-hybridized carbons (Fsp3) is 0.417. The number of imidazole rings is 1. The molecular weight excluding hydrogens is 499 g/mol. The number of aromatic nitrogens is 2. The van der Waals surface area contributed by atoms with Gasteiger partial charge in [-0.25, -0.2) is 4.98 Å². The molecule has 31 heavy (non-hydrogen) atoms. The smallest absolute Gasteiger partial charge is 0.193 e. The highest BCUT2D eigenvalue weighted by atomic mass is 127. The predicted molar refractivity (Wildman–Crippen MR) is 138 cm³/mol. The Morgan fingerprint density at radius 3 is 2.48 bits per heavy atom. The molecule has 0 spiro atoms. The molecule has 3 aromatic rings. The molecule has 0 bridgehead atoms. The molecule has 1 fully saturated rings. The van der Waals surface area contributed by atoms with Gasteiger partial charge in [0.2, 0.25) is 0 Å². The topological polar surface area (TPSA) is 48.2 Å². The maximum atomic E-state index is 4.68. The Bertz CT molecular complexity index is 929. The van der Waals surface area contributed by atoms with E-state index < -0.39 is 0 Å². The number of aliphatic imine (C=N–C) groups is 1. The Kier molecular flexibility index (Phi) is 8.71. The molecule has 1 aromatic carbocycles. The fourth-order valence-corrected chi connectivity index (χ4v) is 4.37. The van der Waals surface area contributed by atoms with E-state index in [9.17, 15) is 0 Å². The monoisotopic (exact) mass is 532 g/mol. The van der Waals surface area contributed by atoms with E-state index in [4.69, 9.17) is 0 Å². The zero-order valence-corrected chi connectivity index (χ0v) is 20.8. The molecule has 7 heteroatoms. The number of nitrogens with one attached hydrogen (secondary N) is 1. The molecule has 1 unspecified atom stereocenters. The van der Waals surface area contributed by atoms with Gasteiger partial charge in [-0.05, 0) is 24.1 Å². The molecule has 1 N–H and O–H groups in total. The van der Waals surface area contributed by atoms with E-state index in [0.29, 0.717) is 6.04 Å². The maximum absolute atomic E-state index is 4.68. The minimum Gasteiger partial charge on any atom is -0.356 e. The van der Waals surface area contributed by atoms with Crippen LogP contribution in [0.25, 0.3) is 5.65 Å². The van der Waals surface area contributed by atoms with Crippen molar-refractivity contribution in [2.45, 2.75) is 25.8 Å². The van der Waals surface area contributed by atoms with E-state index in [-0.39, 0.29) is 24.0 Å². The van der Waals surface area contributed by atoms with Gasteiger partial charge in [0.05, 0.1) is 5.69 Å². The molecule has 0 aliphatic carbocycles. The Hall–Kier alpha value is -2.13. The zero-order valence-electron chi connectivity index (χ0n) is 18.4. The van der Waals surface area contributed by atoms with E-state index in [1.54, 1.807) is 0 Å². The molecule has 1 saturated heterocycles. The van der Waals surface area contributed by atoms with E-state index in [1.807, 2.05) is 31.4 Å². The first-order valence-electron chi connectivity index (χ1n) is 11.0. The van der Waals surface area contributed by atoms with Crippen LogP contribution in [0, 0.1) is 0 Å². The number of guanidine groups is 1. The molecule has 4 rings (SSSR count). The Morgan fingerprint density at radius 2 is 1.81 bits per heavy atom. The number of nitrogens with zero attached hydrogens (tertiary/aromatic N) is 5. The van der Waals surface area contributed by atoms with Crippen molar-refractivity contribution in [1.82, 2.24) is 24.5 Å². The van der Waals surface area contributed by atoms with Crippen LogP contribution in [0.1, 0.15) is 30.6 Å². The number of piperazine rings is 1. The van der Waals surface area contributed by atoms with Gasteiger partial charge < -0.3 is 14.6 Å². The summed E-state index contributed by atoms with van der Waals surface area (Å²) in [5, 5.41) is 3.53. The highest BCUT2D eigenvalue weighted by Crippen LogP contribution is 2.25. The second-order valence-electron chi connectivity index (χ2n) is 7.78. The van der Waals surface area contributed by atoms with E-state index in [1.165, 1.54) is 5.56 Å². The molecule has 166 valence electrons. The van der Waals surface area contributed by atoms with Gasteiger partial charge in [0.25, 0.3) is 0 Å². The van der Waals surface area contributed by atoms with Crippen LogP contribution in [0.4, 0.5) is 0 Å². The van der Waals surface area contributed by atoms with Crippen LogP contribution >= 0.6 is 24.0 Å². The highest BCUT2D eigenvalue weighted by molar-refractivity contribution is 14.0. The van der Waals surface area contributed by atoms with Crippen molar-refractivity contribution in [3.63, 3.8) is 0 Å². The van der Waals surface area contributed by atoms with Gasteiger partial charge in [0, 0.05) is 64.6 Å². The zero-order chi connectivity index (χ0) is 20.8. The summed E-state index contributed by atoms with van der Waals surface area (Å²) in [7, 11) is 1.87. The number of hydrogen-bond donors (Lipinski definition) is 1. The van der Waals surface area contributed by atoms with Crippen LogP contribution in [0.15, 0.2) is 65.9 Å². The second kappa shape index (κ2) is 11.5. The average molecular weight is 532 g/mol. The molecule has 1 atom stereocenters. The summed E-state index contributed by atoms with van der Waals surface area (Å²) in [6.45, 7) is 7.22. The molecule has 1 aliphatic rings. The third kappa shape index (κ3) is 5.77. The van der Waals surface area contributed by atoms with Gasteiger partial charge in [0.15, 0.2) is 5.96 Å². The largest absolute Gasteiger partial charge is 0.356 e. The van der Waals surface area contributed by atoms with Crippen molar-refractivity contribution in [2.24, 2.45) is 4.99 Å². The normalized spacial score (nSPS) is 16.2. The first-order valence-corrected chi connectivity index (χ1v) is 11.0. The molecule has 2 aromatic heterocycles. The van der Waals surface area contributed by atoms with E-state index in [0.717, 1.165) is 62.9 Å². The van der Waals surface area contributed by atoms with Gasteiger partial charge in [-0.3, -0.25) is 9.89 Å². The standard InChI is InChI=1S/C24H32N6.HI/c1-3-22(20-9-5-4-6-10-20)28-15-17-29(18-16-28)24(25-2)26-13-12-21-19-30-14-8-7-11-23(30)27-21;/h4-11,14,19,22H,3,12-13,15-18H2,1-2H3,(H,25,26);1H. The molecule has 1 aliphatic heterocycles. The van der Waals surface area contributed by atoms with Gasteiger partial charge in [0.1, 0.15) is 5.65 Å². The van der Waals surface area contributed by atoms with Crippen molar-refractivity contribution >= 4 is 35.6 Å². The lowest BCUT2D eigenvalue weighted by atomic mass is 10.0. The highest BCUT2D eigenvalue weighted by Gasteiger charge is 2.25.